The number of hydrogen-bond acceptors (Lipinski definition) is 3. The summed E-state index contributed by atoms with van der Waals surface area (Å²) < 4.78 is 0. The lowest BCUT2D eigenvalue weighted by molar-refractivity contribution is -0.128. The van der Waals surface area contributed by atoms with Gasteiger partial charge in [0.25, 0.3) is 0 Å². The molecular weight excluding hydrogens is 268 g/mol. The summed E-state index contributed by atoms with van der Waals surface area (Å²) in [7, 11) is 0. The molecule has 3 nitrogen and oxygen atoms in total. The fraction of sp³-hybridized carbons (Fsp3) is 0.462. The third-order valence-electron chi connectivity index (χ3n) is 3.01. The zero-order valence-electron chi connectivity index (χ0n) is 10.4. The van der Waals surface area contributed by atoms with Gasteiger partial charge < -0.3 is 4.90 Å². The molecule has 1 aromatic carbocycles. The Balaban J connectivity index is 2.06. The van der Waals surface area contributed by atoms with Crippen LogP contribution in [0.5, 0.6) is 0 Å². The molecule has 0 radical (unpaired) electrons. The van der Waals surface area contributed by atoms with Gasteiger partial charge in [-0.1, -0.05) is 23.7 Å². The van der Waals surface area contributed by atoms with E-state index in [4.69, 9.17) is 11.6 Å². The van der Waals surface area contributed by atoms with E-state index in [0.29, 0.717) is 6.54 Å². The van der Waals surface area contributed by atoms with Crippen molar-refractivity contribution < 1.29 is 4.79 Å². The van der Waals surface area contributed by atoms with Crippen LogP contribution in [0.25, 0.3) is 0 Å². The lowest BCUT2D eigenvalue weighted by Gasteiger charge is -2.24. The van der Waals surface area contributed by atoms with E-state index in [0.717, 1.165) is 29.3 Å². The number of carbonyl (C=O) groups is 1. The molecule has 1 fully saturated rings. The van der Waals surface area contributed by atoms with Gasteiger partial charge in [0.05, 0.1) is 6.54 Å². The number of rotatable bonds is 5. The summed E-state index contributed by atoms with van der Waals surface area (Å²) in [5.74, 6) is 1.26. The van der Waals surface area contributed by atoms with Crippen LogP contribution in [0.4, 0.5) is 0 Å². The molecule has 2 rings (SSSR count). The molecule has 1 aliphatic heterocycles. The van der Waals surface area contributed by atoms with Gasteiger partial charge in [0.15, 0.2) is 0 Å². The van der Waals surface area contributed by atoms with E-state index in [2.05, 4.69) is 11.6 Å². The van der Waals surface area contributed by atoms with Crippen molar-refractivity contribution in [1.82, 2.24) is 10.2 Å². The van der Waals surface area contributed by atoms with Crippen molar-refractivity contribution in [3.05, 3.63) is 34.9 Å². The fourth-order valence-electron chi connectivity index (χ4n) is 2.12. The van der Waals surface area contributed by atoms with Crippen LogP contribution in [-0.4, -0.2) is 35.9 Å². The van der Waals surface area contributed by atoms with E-state index in [1.807, 2.05) is 40.9 Å². The zero-order valence-corrected chi connectivity index (χ0v) is 11.9. The topological polar surface area (TPSA) is 32.3 Å². The summed E-state index contributed by atoms with van der Waals surface area (Å²) >= 11 is 7.69. The Hall–Kier alpha value is -0.710. The molecule has 0 aromatic heterocycles. The molecule has 0 saturated carbocycles. The van der Waals surface area contributed by atoms with Gasteiger partial charge in [-0.05, 0) is 36.1 Å². The number of halogens is 1. The molecule has 1 atom stereocenters. The highest BCUT2D eigenvalue weighted by Gasteiger charge is 2.30. The minimum Gasteiger partial charge on any atom is -0.322 e. The molecule has 18 heavy (non-hydrogen) atoms. The van der Waals surface area contributed by atoms with Crippen LogP contribution in [0.3, 0.4) is 0 Å². The lowest BCUT2D eigenvalue weighted by Crippen LogP contribution is -2.31. The first-order chi connectivity index (χ1) is 8.72. The first-order valence-electron chi connectivity index (χ1n) is 5.99. The first-order valence-corrected chi connectivity index (χ1v) is 7.77. The highest BCUT2D eigenvalue weighted by molar-refractivity contribution is 7.98. The summed E-state index contributed by atoms with van der Waals surface area (Å²) in [4.78, 5) is 13.8. The van der Waals surface area contributed by atoms with Crippen LogP contribution < -0.4 is 5.32 Å². The van der Waals surface area contributed by atoms with Gasteiger partial charge in [0.2, 0.25) is 5.91 Å². The molecule has 98 valence electrons. The molecule has 0 spiro atoms. The van der Waals surface area contributed by atoms with Crippen molar-refractivity contribution >= 4 is 29.3 Å². The zero-order chi connectivity index (χ0) is 13.0. The summed E-state index contributed by atoms with van der Waals surface area (Å²) in [6.45, 7) is 1.23. The van der Waals surface area contributed by atoms with Crippen molar-refractivity contribution in [2.24, 2.45) is 0 Å². The molecule has 1 N–H and O–H groups in total. The molecule has 1 aliphatic rings. The maximum atomic E-state index is 11.8. The average Bonchev–Trinajstić information content (AvgIpc) is 2.73. The number of benzene rings is 1. The van der Waals surface area contributed by atoms with Gasteiger partial charge in [-0.15, -0.1) is 0 Å². The molecule has 1 unspecified atom stereocenters. The Morgan fingerprint density at radius 1 is 1.44 bits per heavy atom. The summed E-state index contributed by atoms with van der Waals surface area (Å²) in [6, 6.07) is 7.67. The van der Waals surface area contributed by atoms with Crippen LogP contribution in [0.2, 0.25) is 5.02 Å². The van der Waals surface area contributed by atoms with Crippen LogP contribution in [-0.2, 0) is 4.79 Å². The van der Waals surface area contributed by atoms with Crippen LogP contribution >= 0.6 is 23.4 Å². The van der Waals surface area contributed by atoms with E-state index in [9.17, 15) is 4.79 Å². The molecule has 1 saturated heterocycles. The van der Waals surface area contributed by atoms with Crippen LogP contribution in [0.1, 0.15) is 18.2 Å². The van der Waals surface area contributed by atoms with Crippen LogP contribution in [0, 0.1) is 0 Å². The Morgan fingerprint density at radius 2 is 2.17 bits per heavy atom. The molecule has 1 amide bonds. The lowest BCUT2D eigenvalue weighted by atomic mass is 10.1. The number of amides is 1. The predicted octanol–water partition coefficient (Wildman–Crippen LogP) is 2.52. The van der Waals surface area contributed by atoms with Crippen LogP contribution in [0.15, 0.2) is 24.3 Å². The average molecular weight is 285 g/mol. The number of carbonyl (C=O) groups excluding carboxylic acids is 1. The summed E-state index contributed by atoms with van der Waals surface area (Å²) in [5, 5.41) is 3.97. The van der Waals surface area contributed by atoms with Gasteiger partial charge >= 0.3 is 0 Å². The second-order valence-electron chi connectivity index (χ2n) is 4.27. The van der Waals surface area contributed by atoms with E-state index < -0.39 is 0 Å². The maximum Gasteiger partial charge on any atom is 0.238 e. The SMILES string of the molecule is CSCCCN1C(=O)CNC1c1ccc(Cl)cc1. The molecule has 1 heterocycles. The second kappa shape index (κ2) is 6.45. The van der Waals surface area contributed by atoms with Crippen molar-refractivity contribution in [2.75, 3.05) is 25.1 Å². The minimum absolute atomic E-state index is 0.00313. The van der Waals surface area contributed by atoms with Crippen molar-refractivity contribution in [3.63, 3.8) is 0 Å². The van der Waals surface area contributed by atoms with Gasteiger partial charge in [0, 0.05) is 11.6 Å². The first kappa shape index (κ1) is 13.7. The number of nitrogens with one attached hydrogen (secondary N) is 1. The smallest absolute Gasteiger partial charge is 0.238 e. The number of nitrogens with zero attached hydrogens (tertiary/aromatic N) is 1. The third kappa shape index (κ3) is 3.19. The third-order valence-corrected chi connectivity index (χ3v) is 3.96. The van der Waals surface area contributed by atoms with Crippen molar-refractivity contribution in [2.45, 2.75) is 12.6 Å². The van der Waals surface area contributed by atoms with Gasteiger partial charge in [-0.25, -0.2) is 0 Å². The monoisotopic (exact) mass is 284 g/mol. The van der Waals surface area contributed by atoms with E-state index >= 15 is 0 Å². The van der Waals surface area contributed by atoms with Crippen molar-refractivity contribution in [1.29, 1.82) is 0 Å². The van der Waals surface area contributed by atoms with Gasteiger partial charge in [-0.3, -0.25) is 10.1 Å². The quantitative estimate of drug-likeness (QED) is 0.844. The molecular formula is C13H17ClN2OS. The van der Waals surface area contributed by atoms with E-state index in [-0.39, 0.29) is 12.1 Å². The Bertz CT molecular complexity index is 410. The van der Waals surface area contributed by atoms with Gasteiger partial charge in [0.1, 0.15) is 6.17 Å². The highest BCUT2D eigenvalue weighted by atomic mass is 35.5. The van der Waals surface area contributed by atoms with Crippen molar-refractivity contribution in [3.8, 4) is 0 Å². The largest absolute Gasteiger partial charge is 0.322 e. The molecule has 0 bridgehead atoms. The van der Waals surface area contributed by atoms with E-state index in [1.165, 1.54) is 0 Å². The number of thioether (sulfide) groups is 1. The second-order valence-corrected chi connectivity index (χ2v) is 5.69. The molecule has 5 heteroatoms. The Labute approximate surface area is 117 Å². The summed E-state index contributed by atoms with van der Waals surface area (Å²) in [6.07, 6.45) is 3.11. The minimum atomic E-state index is -0.00313. The molecule has 0 aliphatic carbocycles. The predicted molar refractivity (Wildman–Crippen MR) is 76.9 cm³/mol. The fourth-order valence-corrected chi connectivity index (χ4v) is 2.66. The highest BCUT2D eigenvalue weighted by Crippen LogP contribution is 2.24. The Morgan fingerprint density at radius 3 is 2.83 bits per heavy atom. The normalized spacial score (nSPS) is 19.6. The number of hydrogen-bond donors (Lipinski definition) is 1. The Kier molecular flexibility index (Phi) is 4.92. The molecule has 1 aromatic rings. The maximum absolute atomic E-state index is 11.8. The van der Waals surface area contributed by atoms with Gasteiger partial charge in [-0.2, -0.15) is 11.8 Å². The van der Waals surface area contributed by atoms with E-state index in [1.54, 1.807) is 0 Å². The summed E-state index contributed by atoms with van der Waals surface area (Å²) in [5.41, 5.74) is 1.09. The standard InChI is InChI=1S/C13H17ClN2OS/c1-18-8-2-7-16-12(17)9-15-13(16)10-3-5-11(14)6-4-10/h3-6,13,15H,2,7-9H2,1H3.